The average molecular weight is 327 g/mol. The molecule has 100 valence electrons. The number of hydrogen-bond acceptors (Lipinski definition) is 3. The summed E-state index contributed by atoms with van der Waals surface area (Å²) in [7, 11) is 0. The maximum Gasteiger partial charge on any atom is 0.258 e. The number of nitrogens with one attached hydrogen (secondary N) is 1. The van der Waals surface area contributed by atoms with E-state index < -0.39 is 11.4 Å². The molecule has 0 bridgehead atoms. The van der Waals surface area contributed by atoms with E-state index in [2.05, 4.69) is 25.9 Å². The van der Waals surface area contributed by atoms with E-state index in [4.69, 9.17) is 0 Å². The van der Waals surface area contributed by atoms with Crippen LogP contribution in [0.2, 0.25) is 0 Å². The molecule has 0 unspecified atom stereocenters. The second-order valence-corrected chi connectivity index (χ2v) is 5.29. The Morgan fingerprint density at radius 3 is 2.63 bits per heavy atom. The minimum absolute atomic E-state index is 0.137. The van der Waals surface area contributed by atoms with Gasteiger partial charge in [-0.3, -0.25) is 4.79 Å². The number of rotatable bonds is 2. The second-order valence-electron chi connectivity index (χ2n) is 4.44. The van der Waals surface area contributed by atoms with Crippen LogP contribution >= 0.6 is 15.9 Å². The maximum absolute atomic E-state index is 13.4. The Bertz CT molecular complexity index is 683. The topological polar surface area (TPSA) is 66.0 Å². The zero-order valence-corrected chi connectivity index (χ0v) is 12.0. The lowest BCUT2D eigenvalue weighted by Gasteiger charge is -2.08. The fourth-order valence-corrected chi connectivity index (χ4v) is 2.02. The van der Waals surface area contributed by atoms with Crippen molar-refractivity contribution in [2.45, 2.75) is 19.8 Å². The van der Waals surface area contributed by atoms with Gasteiger partial charge >= 0.3 is 0 Å². The molecule has 0 saturated heterocycles. The highest BCUT2D eigenvalue weighted by molar-refractivity contribution is 9.10. The van der Waals surface area contributed by atoms with Crippen LogP contribution in [-0.2, 0) is 0 Å². The van der Waals surface area contributed by atoms with Crippen molar-refractivity contribution in [2.75, 3.05) is 0 Å². The SMILES string of the molecule is CC(C)c1c(O)nc(-c2ccc(Br)c(F)c2)[nH]c1=O. The van der Waals surface area contributed by atoms with Gasteiger partial charge in [0.1, 0.15) is 11.6 Å². The van der Waals surface area contributed by atoms with Crippen LogP contribution < -0.4 is 5.56 Å². The van der Waals surface area contributed by atoms with Gasteiger partial charge in [-0.05, 0) is 40.0 Å². The van der Waals surface area contributed by atoms with Crippen LogP contribution in [0.15, 0.2) is 27.5 Å². The second kappa shape index (κ2) is 5.13. The van der Waals surface area contributed by atoms with Crippen molar-refractivity contribution >= 4 is 15.9 Å². The minimum Gasteiger partial charge on any atom is -0.493 e. The molecule has 0 atom stereocenters. The third kappa shape index (κ3) is 2.68. The molecule has 6 heteroatoms. The molecule has 0 fully saturated rings. The summed E-state index contributed by atoms with van der Waals surface area (Å²) < 4.78 is 13.8. The third-order valence-electron chi connectivity index (χ3n) is 2.71. The average Bonchev–Trinajstić information content (AvgIpc) is 2.31. The van der Waals surface area contributed by atoms with E-state index in [1.807, 2.05) is 0 Å². The van der Waals surface area contributed by atoms with E-state index in [9.17, 15) is 14.3 Å². The normalized spacial score (nSPS) is 11.0. The Labute approximate surface area is 117 Å². The molecule has 0 aliphatic carbocycles. The first-order chi connectivity index (χ1) is 8.90. The molecule has 0 spiro atoms. The third-order valence-corrected chi connectivity index (χ3v) is 3.35. The number of halogens is 2. The summed E-state index contributed by atoms with van der Waals surface area (Å²) in [6, 6.07) is 4.34. The predicted octanol–water partition coefficient (Wildman–Crippen LogP) is 3.17. The zero-order valence-electron chi connectivity index (χ0n) is 10.4. The number of H-pyrrole nitrogens is 1. The quantitative estimate of drug-likeness (QED) is 0.890. The molecule has 0 saturated carbocycles. The lowest BCUT2D eigenvalue weighted by Crippen LogP contribution is -2.16. The fourth-order valence-electron chi connectivity index (χ4n) is 1.77. The van der Waals surface area contributed by atoms with E-state index in [0.29, 0.717) is 10.0 Å². The molecule has 0 amide bonds. The van der Waals surface area contributed by atoms with E-state index in [-0.39, 0.29) is 23.2 Å². The van der Waals surface area contributed by atoms with E-state index in [0.717, 1.165) is 0 Å². The Balaban J connectivity index is 2.58. The van der Waals surface area contributed by atoms with Crippen LogP contribution in [-0.4, -0.2) is 15.1 Å². The first kappa shape index (κ1) is 13.7. The number of nitrogens with zero attached hydrogens (tertiary/aromatic N) is 1. The summed E-state index contributed by atoms with van der Waals surface area (Å²) in [4.78, 5) is 18.3. The van der Waals surface area contributed by atoms with Gasteiger partial charge in [0.25, 0.3) is 5.56 Å². The van der Waals surface area contributed by atoms with Crippen LogP contribution in [0.4, 0.5) is 4.39 Å². The highest BCUT2D eigenvalue weighted by Gasteiger charge is 2.15. The molecular formula is C13H12BrFN2O2. The number of aromatic nitrogens is 2. The maximum atomic E-state index is 13.4. The van der Waals surface area contributed by atoms with Crippen LogP contribution in [0.3, 0.4) is 0 Å². The van der Waals surface area contributed by atoms with E-state index in [1.165, 1.54) is 12.1 Å². The van der Waals surface area contributed by atoms with Gasteiger partial charge in [-0.1, -0.05) is 13.8 Å². The molecule has 0 radical (unpaired) electrons. The van der Waals surface area contributed by atoms with Gasteiger partial charge in [0.05, 0.1) is 10.0 Å². The van der Waals surface area contributed by atoms with Gasteiger partial charge in [-0.25, -0.2) is 4.39 Å². The fraction of sp³-hybridized carbons (Fsp3) is 0.231. The Morgan fingerprint density at radius 2 is 2.11 bits per heavy atom. The van der Waals surface area contributed by atoms with E-state index >= 15 is 0 Å². The van der Waals surface area contributed by atoms with Gasteiger partial charge in [0, 0.05) is 5.56 Å². The standard InChI is InChI=1S/C13H12BrFN2O2/c1-6(2)10-12(18)16-11(17-13(10)19)7-3-4-8(14)9(15)5-7/h3-6H,1-2H3,(H2,16,17,18,19). The van der Waals surface area contributed by atoms with Crippen molar-refractivity contribution in [2.24, 2.45) is 0 Å². The zero-order chi connectivity index (χ0) is 14.2. The monoisotopic (exact) mass is 326 g/mol. The van der Waals surface area contributed by atoms with Crippen LogP contribution in [0.1, 0.15) is 25.3 Å². The van der Waals surface area contributed by atoms with Crippen molar-refractivity contribution in [3.63, 3.8) is 0 Å². The molecule has 1 heterocycles. The van der Waals surface area contributed by atoms with Crippen molar-refractivity contribution in [3.05, 3.63) is 44.4 Å². The first-order valence-corrected chi connectivity index (χ1v) is 6.48. The molecule has 2 aromatic rings. The minimum atomic E-state index is -0.465. The molecule has 4 nitrogen and oxygen atoms in total. The van der Waals surface area contributed by atoms with Crippen molar-refractivity contribution < 1.29 is 9.50 Å². The summed E-state index contributed by atoms with van der Waals surface area (Å²) in [6.45, 7) is 3.57. The molecule has 1 aromatic carbocycles. The summed E-state index contributed by atoms with van der Waals surface area (Å²) >= 11 is 3.04. The van der Waals surface area contributed by atoms with Crippen molar-refractivity contribution in [1.29, 1.82) is 0 Å². The highest BCUT2D eigenvalue weighted by Crippen LogP contribution is 2.25. The van der Waals surface area contributed by atoms with E-state index in [1.54, 1.807) is 19.9 Å². The van der Waals surface area contributed by atoms with Gasteiger partial charge < -0.3 is 10.1 Å². The van der Waals surface area contributed by atoms with Crippen molar-refractivity contribution in [1.82, 2.24) is 9.97 Å². The van der Waals surface area contributed by atoms with Crippen LogP contribution in [0.5, 0.6) is 5.88 Å². The predicted molar refractivity (Wildman–Crippen MR) is 73.7 cm³/mol. The van der Waals surface area contributed by atoms with Crippen molar-refractivity contribution in [3.8, 4) is 17.3 Å². The molecule has 2 N–H and O–H groups in total. The number of benzene rings is 1. The first-order valence-electron chi connectivity index (χ1n) is 5.68. The van der Waals surface area contributed by atoms with Gasteiger partial charge in [0.15, 0.2) is 0 Å². The lowest BCUT2D eigenvalue weighted by atomic mass is 10.1. The molecule has 0 aliphatic rings. The summed E-state index contributed by atoms with van der Waals surface area (Å²) in [5, 5.41) is 9.79. The molecule has 1 aromatic heterocycles. The number of hydrogen-bond donors (Lipinski definition) is 2. The lowest BCUT2D eigenvalue weighted by molar-refractivity contribution is 0.440. The van der Waals surface area contributed by atoms with Crippen LogP contribution in [0, 0.1) is 5.82 Å². The Hall–Kier alpha value is -1.69. The highest BCUT2D eigenvalue weighted by atomic mass is 79.9. The summed E-state index contributed by atoms with van der Waals surface area (Å²) in [6.07, 6.45) is 0. The Morgan fingerprint density at radius 1 is 1.42 bits per heavy atom. The smallest absolute Gasteiger partial charge is 0.258 e. The molecule has 0 aliphatic heterocycles. The van der Waals surface area contributed by atoms with Gasteiger partial charge in [0.2, 0.25) is 5.88 Å². The summed E-state index contributed by atoms with van der Waals surface area (Å²) in [5.41, 5.74) is 0.200. The van der Waals surface area contributed by atoms with Crippen LogP contribution in [0.25, 0.3) is 11.4 Å². The van der Waals surface area contributed by atoms with Gasteiger partial charge in [-0.15, -0.1) is 0 Å². The molecule has 19 heavy (non-hydrogen) atoms. The largest absolute Gasteiger partial charge is 0.493 e. The molecular weight excluding hydrogens is 315 g/mol. The summed E-state index contributed by atoms with van der Waals surface area (Å²) in [5.74, 6) is -0.796. The Kier molecular flexibility index (Phi) is 3.71. The molecule has 2 rings (SSSR count). The number of aromatic amines is 1. The number of aromatic hydroxyl groups is 1. The van der Waals surface area contributed by atoms with Gasteiger partial charge in [-0.2, -0.15) is 4.98 Å².